The Morgan fingerprint density at radius 2 is 2.45 bits per heavy atom. The highest BCUT2D eigenvalue weighted by molar-refractivity contribution is 8.04. The molecule has 1 heterocycles. The van der Waals surface area contributed by atoms with Gasteiger partial charge in [0.1, 0.15) is 5.25 Å². The molecule has 1 atom stereocenters. The highest BCUT2D eigenvalue weighted by Crippen LogP contribution is 2.27. The molecular weight excluding hydrogens is 166 g/mol. The summed E-state index contributed by atoms with van der Waals surface area (Å²) >= 11 is 1.17. The number of carboxylic acids is 1. The van der Waals surface area contributed by atoms with E-state index in [0.29, 0.717) is 5.03 Å². The molecule has 0 saturated carbocycles. The van der Waals surface area contributed by atoms with Gasteiger partial charge in [-0.1, -0.05) is 18.3 Å². The van der Waals surface area contributed by atoms with Gasteiger partial charge in [0.05, 0.1) is 11.4 Å². The lowest BCUT2D eigenvalue weighted by Crippen LogP contribution is -2.23. The fraction of sp³-hybridized carbons (Fsp3) is 0.333. The maximum absolute atomic E-state index is 10.9. The Bertz CT molecular complexity index is 226. The van der Waals surface area contributed by atoms with E-state index in [-0.39, 0.29) is 12.3 Å². The zero-order chi connectivity index (χ0) is 8.43. The van der Waals surface area contributed by atoms with Crippen LogP contribution in [0.25, 0.3) is 0 Å². The van der Waals surface area contributed by atoms with Crippen LogP contribution >= 0.6 is 11.8 Å². The normalized spacial score (nSPS) is 23.5. The van der Waals surface area contributed by atoms with E-state index in [1.165, 1.54) is 11.8 Å². The summed E-state index contributed by atoms with van der Waals surface area (Å²) in [6.07, 6.45) is -0.143. The molecule has 0 aliphatic carbocycles. The van der Waals surface area contributed by atoms with Gasteiger partial charge < -0.3 is 10.4 Å². The molecule has 1 aliphatic rings. The topological polar surface area (TPSA) is 66.4 Å². The Hall–Kier alpha value is -0.970. The Kier molecular flexibility index (Phi) is 2.19. The van der Waals surface area contributed by atoms with Crippen molar-refractivity contribution in [3.63, 3.8) is 0 Å². The second kappa shape index (κ2) is 2.96. The molecule has 60 valence electrons. The van der Waals surface area contributed by atoms with E-state index >= 15 is 0 Å². The highest BCUT2D eigenvalue weighted by Gasteiger charge is 2.29. The molecule has 1 fully saturated rings. The number of carboxylic acid groups (broad SMARTS) is 1. The molecule has 11 heavy (non-hydrogen) atoms. The summed E-state index contributed by atoms with van der Waals surface area (Å²) in [7, 11) is 0. The van der Waals surface area contributed by atoms with Crippen molar-refractivity contribution in [2.24, 2.45) is 0 Å². The largest absolute Gasteiger partial charge is 0.481 e. The minimum absolute atomic E-state index is 0.143. The third-order valence-corrected chi connectivity index (χ3v) is 2.25. The van der Waals surface area contributed by atoms with Crippen LogP contribution in [0.1, 0.15) is 6.42 Å². The second-order valence-corrected chi connectivity index (χ2v) is 3.41. The number of aliphatic carboxylic acids is 1. The number of carbonyl (C=O) groups excluding carboxylic acids is 1. The zero-order valence-electron chi connectivity index (χ0n) is 5.66. The van der Waals surface area contributed by atoms with Gasteiger partial charge in [0.15, 0.2) is 0 Å². The molecule has 1 unspecified atom stereocenters. The fourth-order valence-corrected chi connectivity index (χ4v) is 1.66. The number of hydrogen-bond acceptors (Lipinski definition) is 3. The number of rotatable bonds is 2. The number of nitrogens with one attached hydrogen (secondary N) is 1. The van der Waals surface area contributed by atoms with E-state index in [4.69, 9.17) is 5.11 Å². The van der Waals surface area contributed by atoms with Gasteiger partial charge in [-0.05, 0) is 0 Å². The van der Waals surface area contributed by atoms with Crippen molar-refractivity contribution in [1.82, 2.24) is 5.32 Å². The van der Waals surface area contributed by atoms with E-state index < -0.39 is 11.2 Å². The van der Waals surface area contributed by atoms with Gasteiger partial charge in [0.2, 0.25) is 5.91 Å². The first kappa shape index (κ1) is 8.13. The maximum atomic E-state index is 10.9. The van der Waals surface area contributed by atoms with Crippen molar-refractivity contribution >= 4 is 23.6 Å². The van der Waals surface area contributed by atoms with Crippen LogP contribution in [0.4, 0.5) is 0 Å². The van der Waals surface area contributed by atoms with Crippen LogP contribution in [0.5, 0.6) is 0 Å². The van der Waals surface area contributed by atoms with Crippen LogP contribution in [-0.4, -0.2) is 22.2 Å². The monoisotopic (exact) mass is 173 g/mol. The lowest BCUT2D eigenvalue weighted by molar-refractivity contribution is -0.138. The fourth-order valence-electron chi connectivity index (χ4n) is 0.766. The van der Waals surface area contributed by atoms with E-state index in [1.54, 1.807) is 0 Å². The van der Waals surface area contributed by atoms with Gasteiger partial charge >= 0.3 is 5.97 Å². The third kappa shape index (κ3) is 1.98. The predicted octanol–water partition coefficient (Wildman–Crippen LogP) is 0.164. The summed E-state index contributed by atoms with van der Waals surface area (Å²) in [5.74, 6) is -1.23. The lowest BCUT2D eigenvalue weighted by Gasteiger charge is -1.98. The average molecular weight is 173 g/mol. The summed E-state index contributed by atoms with van der Waals surface area (Å²) in [6.45, 7) is 3.50. The highest BCUT2D eigenvalue weighted by atomic mass is 32.2. The molecule has 1 aliphatic heterocycles. The minimum Gasteiger partial charge on any atom is -0.481 e. The molecule has 2 N–H and O–H groups in total. The van der Waals surface area contributed by atoms with E-state index in [1.807, 2.05) is 0 Å². The molecular formula is C6H7NO3S. The Morgan fingerprint density at radius 3 is 2.82 bits per heavy atom. The van der Waals surface area contributed by atoms with Crippen molar-refractivity contribution in [1.29, 1.82) is 0 Å². The molecule has 0 spiro atoms. The van der Waals surface area contributed by atoms with Gasteiger partial charge in [0.25, 0.3) is 0 Å². The minimum atomic E-state index is -0.965. The summed E-state index contributed by atoms with van der Waals surface area (Å²) in [6, 6.07) is 0. The van der Waals surface area contributed by atoms with E-state index in [2.05, 4.69) is 11.9 Å². The van der Waals surface area contributed by atoms with Crippen LogP contribution < -0.4 is 5.32 Å². The zero-order valence-corrected chi connectivity index (χ0v) is 6.48. The molecule has 0 bridgehead atoms. The SMILES string of the molecule is C=C1NC(=O)C(CC(=O)O)S1. The molecule has 1 amide bonds. The second-order valence-electron chi connectivity index (χ2n) is 2.12. The molecule has 4 nitrogen and oxygen atoms in total. The van der Waals surface area contributed by atoms with Crippen molar-refractivity contribution in [2.45, 2.75) is 11.7 Å². The first-order valence-electron chi connectivity index (χ1n) is 2.98. The van der Waals surface area contributed by atoms with Crippen LogP contribution in [0.3, 0.4) is 0 Å². The predicted molar refractivity (Wildman–Crippen MR) is 40.9 cm³/mol. The molecule has 1 rings (SSSR count). The molecule has 5 heteroatoms. The van der Waals surface area contributed by atoms with Gasteiger partial charge in [-0.25, -0.2) is 0 Å². The molecule has 0 aromatic heterocycles. The molecule has 0 aromatic carbocycles. The van der Waals surface area contributed by atoms with Crippen molar-refractivity contribution in [3.05, 3.63) is 11.6 Å². The van der Waals surface area contributed by atoms with Gasteiger partial charge in [-0.3, -0.25) is 9.59 Å². The number of carbonyl (C=O) groups is 2. The van der Waals surface area contributed by atoms with E-state index in [9.17, 15) is 9.59 Å². The Balaban J connectivity index is 2.53. The van der Waals surface area contributed by atoms with Crippen molar-refractivity contribution < 1.29 is 14.7 Å². The molecule has 0 radical (unpaired) electrons. The van der Waals surface area contributed by atoms with Crippen molar-refractivity contribution in [2.75, 3.05) is 0 Å². The first-order chi connectivity index (χ1) is 5.09. The smallest absolute Gasteiger partial charge is 0.305 e. The van der Waals surface area contributed by atoms with Crippen LogP contribution in [0.15, 0.2) is 11.6 Å². The summed E-state index contributed by atoms with van der Waals surface area (Å²) in [5.41, 5.74) is 0. The number of thioether (sulfide) groups is 1. The number of amides is 1. The quantitative estimate of drug-likeness (QED) is 0.624. The van der Waals surface area contributed by atoms with Crippen LogP contribution in [0, 0.1) is 0 Å². The Morgan fingerprint density at radius 1 is 1.82 bits per heavy atom. The van der Waals surface area contributed by atoms with Gasteiger partial charge in [-0.15, -0.1) is 0 Å². The van der Waals surface area contributed by atoms with Gasteiger partial charge in [-0.2, -0.15) is 0 Å². The standard InChI is InChI=1S/C6H7NO3S/c1-3-7-6(10)4(11-3)2-5(8)9/h4H,1-2H2,(H,7,10)(H,8,9). The van der Waals surface area contributed by atoms with Crippen LogP contribution in [-0.2, 0) is 9.59 Å². The summed E-state index contributed by atoms with van der Waals surface area (Å²) in [4.78, 5) is 21.0. The van der Waals surface area contributed by atoms with Crippen LogP contribution in [0.2, 0.25) is 0 Å². The molecule has 1 saturated heterocycles. The van der Waals surface area contributed by atoms with Gasteiger partial charge in [0, 0.05) is 0 Å². The lowest BCUT2D eigenvalue weighted by atomic mass is 10.3. The third-order valence-electron chi connectivity index (χ3n) is 1.20. The molecule has 0 aromatic rings. The van der Waals surface area contributed by atoms with E-state index in [0.717, 1.165) is 0 Å². The maximum Gasteiger partial charge on any atom is 0.305 e. The summed E-state index contributed by atoms with van der Waals surface area (Å²) in [5, 5.41) is 10.8. The summed E-state index contributed by atoms with van der Waals surface area (Å²) < 4.78 is 0. The first-order valence-corrected chi connectivity index (χ1v) is 3.86. The average Bonchev–Trinajstić information content (AvgIpc) is 2.09. The van der Waals surface area contributed by atoms with Crippen molar-refractivity contribution in [3.8, 4) is 0 Å². The number of hydrogen-bond donors (Lipinski definition) is 2. The Labute approximate surface area is 67.7 Å².